The number of aryl methyl sites for hydroxylation is 1. The molecule has 5 rings (SSSR count). The summed E-state index contributed by atoms with van der Waals surface area (Å²) >= 11 is 0. The Morgan fingerprint density at radius 1 is 0.900 bits per heavy atom. The van der Waals surface area contributed by atoms with Gasteiger partial charge in [0.25, 0.3) is 0 Å². The molecular weight excluding hydrogens is 374 g/mol. The number of hydrogen-bond acceptors (Lipinski definition) is 6. The summed E-state index contributed by atoms with van der Waals surface area (Å²) in [6.07, 6.45) is 5.61. The van der Waals surface area contributed by atoms with Gasteiger partial charge in [0.1, 0.15) is 17.5 Å². The summed E-state index contributed by atoms with van der Waals surface area (Å²) < 4.78 is 1.92. The second-order valence-electron chi connectivity index (χ2n) is 9.70. The zero-order chi connectivity index (χ0) is 20.9. The number of imidazole rings is 1. The number of hydrogen-bond donors (Lipinski definition) is 0. The van der Waals surface area contributed by atoms with Crippen LogP contribution in [-0.2, 0) is 5.41 Å². The first-order chi connectivity index (χ1) is 14.4. The highest BCUT2D eigenvalue weighted by Crippen LogP contribution is 2.38. The van der Waals surface area contributed by atoms with Gasteiger partial charge in [0.2, 0.25) is 0 Å². The molecule has 1 aliphatic carbocycles. The van der Waals surface area contributed by atoms with E-state index < -0.39 is 0 Å². The Labute approximate surface area is 178 Å². The lowest BCUT2D eigenvalue weighted by Crippen LogP contribution is -2.32. The summed E-state index contributed by atoms with van der Waals surface area (Å²) in [6.45, 7) is 12.5. The van der Waals surface area contributed by atoms with Crippen molar-refractivity contribution in [2.45, 2.75) is 58.3 Å². The van der Waals surface area contributed by atoms with E-state index in [4.69, 9.17) is 15.1 Å². The first kappa shape index (κ1) is 19.3. The Morgan fingerprint density at radius 2 is 1.63 bits per heavy atom. The van der Waals surface area contributed by atoms with Crippen LogP contribution in [0.4, 0.5) is 11.6 Å². The Balaban J connectivity index is 1.34. The van der Waals surface area contributed by atoms with Gasteiger partial charge in [-0.1, -0.05) is 20.8 Å². The van der Waals surface area contributed by atoms with Crippen LogP contribution in [0.25, 0.3) is 5.65 Å². The third kappa shape index (κ3) is 3.85. The smallest absolute Gasteiger partial charge is 0.153 e. The zero-order valence-corrected chi connectivity index (χ0v) is 18.5. The molecule has 1 saturated carbocycles. The predicted molar refractivity (Wildman–Crippen MR) is 119 cm³/mol. The summed E-state index contributed by atoms with van der Waals surface area (Å²) in [7, 11) is 0. The first-order valence-corrected chi connectivity index (χ1v) is 11.1. The highest BCUT2D eigenvalue weighted by Gasteiger charge is 2.28. The van der Waals surface area contributed by atoms with Crippen LogP contribution in [0.15, 0.2) is 24.4 Å². The molecule has 158 valence electrons. The van der Waals surface area contributed by atoms with Gasteiger partial charge in [0.05, 0.1) is 11.9 Å². The van der Waals surface area contributed by atoms with Crippen molar-refractivity contribution in [2.24, 2.45) is 0 Å². The maximum atomic E-state index is 4.89. The van der Waals surface area contributed by atoms with Gasteiger partial charge in [-0.05, 0) is 38.3 Å². The summed E-state index contributed by atoms with van der Waals surface area (Å²) in [5.74, 6) is 3.71. The minimum Gasteiger partial charge on any atom is -0.355 e. The topological polar surface area (TPSA) is 62.5 Å². The SMILES string of the molecule is Cc1cc(N2CCCN(c3ccc4nc(C(C)(C)C)cn4n3)CC2)nc(C2CC2)n1. The molecule has 3 aromatic heterocycles. The van der Waals surface area contributed by atoms with Gasteiger partial charge in [-0.15, -0.1) is 5.10 Å². The molecule has 0 unspecified atom stereocenters. The summed E-state index contributed by atoms with van der Waals surface area (Å²) in [6, 6.07) is 6.31. The van der Waals surface area contributed by atoms with E-state index in [0.29, 0.717) is 5.92 Å². The highest BCUT2D eigenvalue weighted by molar-refractivity contribution is 5.48. The molecule has 30 heavy (non-hydrogen) atoms. The second kappa shape index (κ2) is 7.22. The van der Waals surface area contributed by atoms with E-state index >= 15 is 0 Å². The van der Waals surface area contributed by atoms with Crippen LogP contribution in [0, 0.1) is 6.92 Å². The molecule has 0 bridgehead atoms. The number of rotatable bonds is 3. The fraction of sp³-hybridized carbons (Fsp3) is 0.565. The van der Waals surface area contributed by atoms with Crippen molar-refractivity contribution in [3.05, 3.63) is 41.6 Å². The molecule has 3 aromatic rings. The van der Waals surface area contributed by atoms with Crippen molar-refractivity contribution < 1.29 is 0 Å². The molecule has 0 aromatic carbocycles. The van der Waals surface area contributed by atoms with Crippen molar-refractivity contribution in [3.8, 4) is 0 Å². The predicted octanol–water partition coefficient (Wildman–Crippen LogP) is 3.72. The minimum absolute atomic E-state index is 0.0198. The third-order valence-corrected chi connectivity index (χ3v) is 6.02. The molecule has 2 fully saturated rings. The molecule has 0 radical (unpaired) electrons. The number of aromatic nitrogens is 5. The maximum Gasteiger partial charge on any atom is 0.153 e. The molecule has 0 atom stereocenters. The van der Waals surface area contributed by atoms with E-state index in [-0.39, 0.29) is 5.41 Å². The van der Waals surface area contributed by atoms with Gasteiger partial charge in [0.15, 0.2) is 5.65 Å². The van der Waals surface area contributed by atoms with Crippen molar-refractivity contribution >= 4 is 17.3 Å². The van der Waals surface area contributed by atoms with Gasteiger partial charge in [-0.3, -0.25) is 0 Å². The van der Waals surface area contributed by atoms with E-state index in [9.17, 15) is 0 Å². The van der Waals surface area contributed by atoms with Crippen LogP contribution in [0.1, 0.15) is 63.2 Å². The Hall–Kier alpha value is -2.70. The number of anilines is 2. The molecule has 1 aliphatic heterocycles. The van der Waals surface area contributed by atoms with Crippen LogP contribution in [0.2, 0.25) is 0 Å². The number of fused-ring (bicyclic) bond motifs is 1. The van der Waals surface area contributed by atoms with E-state index in [1.54, 1.807) is 0 Å². The van der Waals surface area contributed by atoms with Crippen LogP contribution < -0.4 is 9.80 Å². The maximum absolute atomic E-state index is 4.89. The molecule has 1 saturated heterocycles. The zero-order valence-electron chi connectivity index (χ0n) is 18.5. The van der Waals surface area contributed by atoms with E-state index in [1.807, 2.05) is 4.52 Å². The third-order valence-electron chi connectivity index (χ3n) is 6.02. The van der Waals surface area contributed by atoms with E-state index in [1.165, 1.54) is 12.8 Å². The van der Waals surface area contributed by atoms with Crippen molar-refractivity contribution in [2.75, 3.05) is 36.0 Å². The quantitative estimate of drug-likeness (QED) is 0.662. The van der Waals surface area contributed by atoms with Crippen LogP contribution in [0.3, 0.4) is 0 Å². The van der Waals surface area contributed by atoms with E-state index in [2.05, 4.69) is 66.9 Å². The average Bonchev–Trinajstić information content (AvgIpc) is 3.49. The Kier molecular flexibility index (Phi) is 4.64. The van der Waals surface area contributed by atoms with Gasteiger partial charge in [0, 0.05) is 49.3 Å². The molecular formula is C23H31N7. The molecule has 7 nitrogen and oxygen atoms in total. The second-order valence-corrected chi connectivity index (χ2v) is 9.70. The van der Waals surface area contributed by atoms with Crippen LogP contribution in [-0.4, -0.2) is 50.7 Å². The fourth-order valence-corrected chi connectivity index (χ4v) is 4.04. The normalized spacial score (nSPS) is 18.1. The van der Waals surface area contributed by atoms with E-state index in [0.717, 1.165) is 67.1 Å². The molecule has 7 heteroatoms. The highest BCUT2D eigenvalue weighted by atomic mass is 15.3. The van der Waals surface area contributed by atoms with Gasteiger partial charge >= 0.3 is 0 Å². The monoisotopic (exact) mass is 405 g/mol. The summed E-state index contributed by atoms with van der Waals surface area (Å²) in [4.78, 5) is 19.1. The molecule has 0 N–H and O–H groups in total. The summed E-state index contributed by atoms with van der Waals surface area (Å²) in [5.41, 5.74) is 3.07. The molecule has 2 aliphatic rings. The van der Waals surface area contributed by atoms with Crippen molar-refractivity contribution in [1.29, 1.82) is 0 Å². The largest absolute Gasteiger partial charge is 0.355 e. The Bertz CT molecular complexity index is 1060. The molecule has 0 amide bonds. The number of nitrogens with zero attached hydrogens (tertiary/aromatic N) is 7. The van der Waals surface area contributed by atoms with Gasteiger partial charge in [-0.2, -0.15) is 0 Å². The standard InChI is InChI=1S/C23H31N7/c1-16-14-21(26-22(24-16)17-6-7-17)29-11-5-10-28(12-13-29)20-9-8-19-25-18(23(2,3)4)15-30(19)27-20/h8-9,14-15,17H,5-7,10-13H2,1-4H3. The average molecular weight is 406 g/mol. The lowest BCUT2D eigenvalue weighted by atomic mass is 9.93. The van der Waals surface area contributed by atoms with Crippen LogP contribution in [0.5, 0.6) is 0 Å². The molecule has 0 spiro atoms. The first-order valence-electron chi connectivity index (χ1n) is 11.1. The van der Waals surface area contributed by atoms with Crippen molar-refractivity contribution in [1.82, 2.24) is 24.6 Å². The fourth-order valence-electron chi connectivity index (χ4n) is 4.04. The van der Waals surface area contributed by atoms with Crippen LogP contribution >= 0.6 is 0 Å². The van der Waals surface area contributed by atoms with Gasteiger partial charge in [-0.25, -0.2) is 19.5 Å². The lowest BCUT2D eigenvalue weighted by molar-refractivity contribution is 0.572. The lowest BCUT2D eigenvalue weighted by Gasteiger charge is -2.24. The molecule has 4 heterocycles. The van der Waals surface area contributed by atoms with Crippen molar-refractivity contribution in [3.63, 3.8) is 0 Å². The van der Waals surface area contributed by atoms with Gasteiger partial charge < -0.3 is 9.80 Å². The summed E-state index contributed by atoms with van der Waals surface area (Å²) in [5, 5.41) is 4.87. The minimum atomic E-state index is 0.0198. The Morgan fingerprint density at radius 3 is 2.33 bits per heavy atom.